The molecule has 2 N–H and O–H groups in total. The molecule has 4 aliphatic rings. The number of hydrogen-bond acceptors (Lipinski definition) is 6. The summed E-state index contributed by atoms with van der Waals surface area (Å²) in [6.07, 6.45) is 2.39. The molecule has 0 saturated heterocycles. The van der Waals surface area contributed by atoms with Gasteiger partial charge in [0.15, 0.2) is 11.6 Å². The molecule has 0 heterocycles. The van der Waals surface area contributed by atoms with Gasteiger partial charge >= 0.3 is 0 Å². The highest BCUT2D eigenvalue weighted by Gasteiger charge is 2.74. The minimum atomic E-state index is -1.74. The molecule has 0 aromatic carbocycles. The molecule has 33 heavy (non-hydrogen) atoms. The Bertz CT molecular complexity index is 989. The Morgan fingerprint density at radius 3 is 2.30 bits per heavy atom. The molecule has 8 atom stereocenters. The first-order valence-electron chi connectivity index (χ1n) is 12.3. The van der Waals surface area contributed by atoms with Crippen molar-refractivity contribution in [3.05, 3.63) is 11.6 Å². The topological polar surface area (TPSA) is 109 Å². The highest BCUT2D eigenvalue weighted by molar-refractivity contribution is 6.40. The first kappa shape index (κ1) is 24.5. The van der Waals surface area contributed by atoms with Gasteiger partial charge in [0.1, 0.15) is 11.4 Å². The van der Waals surface area contributed by atoms with E-state index < -0.39 is 50.8 Å². The van der Waals surface area contributed by atoms with E-state index in [1.807, 2.05) is 13.8 Å². The molecular weight excluding hydrogens is 420 g/mol. The first-order chi connectivity index (χ1) is 15.0. The zero-order chi connectivity index (χ0) is 24.9. The number of hydrogen-bond donors (Lipinski definition) is 2. The van der Waals surface area contributed by atoms with Gasteiger partial charge in [-0.3, -0.25) is 19.2 Å². The number of aliphatic hydroxyl groups excluding tert-OH is 1. The van der Waals surface area contributed by atoms with Gasteiger partial charge < -0.3 is 10.2 Å². The van der Waals surface area contributed by atoms with Crippen LogP contribution in [-0.4, -0.2) is 45.1 Å². The van der Waals surface area contributed by atoms with Crippen LogP contribution in [0.1, 0.15) is 80.6 Å². The second kappa shape index (κ2) is 6.94. The van der Waals surface area contributed by atoms with Crippen LogP contribution in [0.4, 0.5) is 0 Å². The van der Waals surface area contributed by atoms with Gasteiger partial charge in [0, 0.05) is 36.5 Å². The summed E-state index contributed by atoms with van der Waals surface area (Å²) in [4.78, 5) is 52.1. The van der Waals surface area contributed by atoms with Crippen molar-refractivity contribution in [1.82, 2.24) is 0 Å². The molecule has 0 spiro atoms. The number of ketones is 4. The molecule has 4 aliphatic carbocycles. The fraction of sp³-hybridized carbons (Fsp3) is 0.778. The monoisotopic (exact) mass is 458 g/mol. The SMILES string of the molecule is CCC(=O)C(C)(O)C1C(O)CC2(C)C3CC=C4C(CC(=O)C(=O)C4(C)C)C3(C)C(=O)CC12C. The van der Waals surface area contributed by atoms with Crippen LogP contribution in [0.15, 0.2) is 11.6 Å². The molecule has 0 amide bonds. The lowest BCUT2D eigenvalue weighted by molar-refractivity contribution is -0.183. The number of fused-ring (bicyclic) bond motifs is 5. The lowest BCUT2D eigenvalue weighted by Gasteiger charge is -2.64. The van der Waals surface area contributed by atoms with Crippen molar-refractivity contribution >= 4 is 23.1 Å². The van der Waals surface area contributed by atoms with E-state index in [-0.39, 0.29) is 42.7 Å². The maximum Gasteiger partial charge on any atom is 0.207 e. The third-order valence-electron chi connectivity index (χ3n) is 10.7. The minimum absolute atomic E-state index is 0.000119. The summed E-state index contributed by atoms with van der Waals surface area (Å²) in [5.41, 5.74) is -3.94. The van der Waals surface area contributed by atoms with E-state index in [0.717, 1.165) is 5.57 Å². The van der Waals surface area contributed by atoms with Crippen LogP contribution in [0.25, 0.3) is 0 Å². The van der Waals surface area contributed by atoms with Gasteiger partial charge in [0.2, 0.25) is 5.78 Å². The van der Waals surface area contributed by atoms with Gasteiger partial charge in [-0.05, 0) is 50.4 Å². The lowest BCUT2D eigenvalue weighted by Crippen LogP contribution is -2.65. The standard InChI is InChI=1S/C27H38O6/c1-8-19(30)27(7,33)21-17(29)12-24(4)18-10-9-14-15(11-16(28)22(32)23(14,2)3)26(18,6)20(31)13-25(21,24)5/h9,15,17-18,21,29,33H,8,10-13H2,1-7H3. The second-order valence-corrected chi connectivity index (χ2v) is 12.5. The molecule has 0 aliphatic heterocycles. The number of carbonyl (C=O) groups excluding carboxylic acids is 4. The average molecular weight is 459 g/mol. The van der Waals surface area contributed by atoms with Gasteiger partial charge in [0.05, 0.1) is 11.5 Å². The van der Waals surface area contributed by atoms with Crippen molar-refractivity contribution in [2.24, 2.45) is 39.4 Å². The third-order valence-corrected chi connectivity index (χ3v) is 10.7. The molecular formula is C27H38O6. The number of carbonyl (C=O) groups is 4. The summed E-state index contributed by atoms with van der Waals surface area (Å²) in [6, 6.07) is 0. The lowest BCUT2D eigenvalue weighted by atomic mass is 9.38. The van der Waals surface area contributed by atoms with Crippen LogP contribution in [0.5, 0.6) is 0 Å². The van der Waals surface area contributed by atoms with Gasteiger partial charge in [-0.15, -0.1) is 0 Å². The molecule has 0 aromatic heterocycles. The second-order valence-electron chi connectivity index (χ2n) is 12.5. The molecule has 3 saturated carbocycles. The number of Topliss-reactive ketones (excluding diaryl/α,β-unsaturated/α-hetero) is 4. The molecule has 8 unspecified atom stereocenters. The van der Waals surface area contributed by atoms with Crippen LogP contribution >= 0.6 is 0 Å². The predicted octanol–water partition coefficient (Wildman–Crippen LogP) is 3.22. The Kier molecular flexibility index (Phi) is 5.15. The summed E-state index contributed by atoms with van der Waals surface area (Å²) < 4.78 is 0. The van der Waals surface area contributed by atoms with E-state index in [1.165, 1.54) is 6.92 Å². The zero-order valence-electron chi connectivity index (χ0n) is 20.9. The van der Waals surface area contributed by atoms with E-state index in [0.29, 0.717) is 12.8 Å². The predicted molar refractivity (Wildman–Crippen MR) is 122 cm³/mol. The zero-order valence-corrected chi connectivity index (χ0v) is 20.9. The maximum atomic E-state index is 14.0. The molecule has 0 bridgehead atoms. The number of aliphatic hydroxyl groups is 2. The Balaban J connectivity index is 1.87. The van der Waals surface area contributed by atoms with Crippen LogP contribution in [-0.2, 0) is 19.2 Å². The van der Waals surface area contributed by atoms with Crippen molar-refractivity contribution in [3.63, 3.8) is 0 Å². The molecule has 6 heteroatoms. The van der Waals surface area contributed by atoms with Crippen molar-refractivity contribution < 1.29 is 29.4 Å². The van der Waals surface area contributed by atoms with Gasteiger partial charge in [0.25, 0.3) is 0 Å². The molecule has 0 radical (unpaired) electrons. The summed E-state index contributed by atoms with van der Waals surface area (Å²) in [5.74, 6) is -2.42. The highest BCUT2D eigenvalue weighted by Crippen LogP contribution is 2.73. The number of allylic oxidation sites excluding steroid dienone is 2. The average Bonchev–Trinajstić information content (AvgIpc) is 2.92. The first-order valence-corrected chi connectivity index (χ1v) is 12.3. The van der Waals surface area contributed by atoms with Crippen molar-refractivity contribution in [3.8, 4) is 0 Å². The van der Waals surface area contributed by atoms with Crippen LogP contribution in [0, 0.1) is 39.4 Å². The summed E-state index contributed by atoms with van der Waals surface area (Å²) in [6.45, 7) is 12.7. The van der Waals surface area contributed by atoms with Gasteiger partial charge in [-0.25, -0.2) is 0 Å². The van der Waals surface area contributed by atoms with Crippen LogP contribution in [0.2, 0.25) is 0 Å². The molecule has 4 rings (SSSR count). The smallest absolute Gasteiger partial charge is 0.207 e. The van der Waals surface area contributed by atoms with E-state index in [1.54, 1.807) is 20.8 Å². The fourth-order valence-electron chi connectivity index (χ4n) is 8.75. The minimum Gasteiger partial charge on any atom is -0.393 e. The summed E-state index contributed by atoms with van der Waals surface area (Å²) in [7, 11) is 0. The maximum absolute atomic E-state index is 14.0. The molecule has 6 nitrogen and oxygen atoms in total. The Hall–Kier alpha value is -1.66. The number of rotatable bonds is 3. The Morgan fingerprint density at radius 2 is 1.73 bits per heavy atom. The fourth-order valence-corrected chi connectivity index (χ4v) is 8.75. The van der Waals surface area contributed by atoms with Gasteiger partial charge in [-0.2, -0.15) is 0 Å². The van der Waals surface area contributed by atoms with Crippen molar-refractivity contribution in [2.75, 3.05) is 0 Å². The highest BCUT2D eigenvalue weighted by atomic mass is 16.3. The van der Waals surface area contributed by atoms with E-state index in [2.05, 4.69) is 13.0 Å². The van der Waals surface area contributed by atoms with E-state index in [9.17, 15) is 29.4 Å². The molecule has 0 aromatic rings. The van der Waals surface area contributed by atoms with E-state index in [4.69, 9.17) is 0 Å². The Labute approximate surface area is 196 Å². The summed E-state index contributed by atoms with van der Waals surface area (Å²) >= 11 is 0. The van der Waals surface area contributed by atoms with Crippen LogP contribution in [0.3, 0.4) is 0 Å². The largest absolute Gasteiger partial charge is 0.393 e. The van der Waals surface area contributed by atoms with Crippen LogP contribution < -0.4 is 0 Å². The molecule has 3 fully saturated rings. The summed E-state index contributed by atoms with van der Waals surface area (Å²) in [5, 5.41) is 22.6. The van der Waals surface area contributed by atoms with E-state index >= 15 is 0 Å². The normalized spacial score (nSPS) is 46.1. The quantitative estimate of drug-likeness (QED) is 0.497. The van der Waals surface area contributed by atoms with Gasteiger partial charge in [-0.1, -0.05) is 39.3 Å². The van der Waals surface area contributed by atoms with Crippen molar-refractivity contribution in [2.45, 2.75) is 92.3 Å². The Morgan fingerprint density at radius 1 is 1.12 bits per heavy atom. The molecule has 182 valence electrons. The third kappa shape index (κ3) is 2.74. The van der Waals surface area contributed by atoms with Crippen molar-refractivity contribution in [1.29, 1.82) is 0 Å².